The zero-order valence-corrected chi connectivity index (χ0v) is 6.28. The molecule has 2 aromatic rings. The van der Waals surface area contributed by atoms with Crippen molar-refractivity contribution in [1.29, 1.82) is 0 Å². The largest absolute Gasteiger partial charge is 0.473 e. The van der Waals surface area contributed by atoms with Gasteiger partial charge in [0.2, 0.25) is 0 Å². The quantitative estimate of drug-likeness (QED) is 0.522. The SMILES string of the molecule is [B]c1cc(=O)c2ccccc2o1. The van der Waals surface area contributed by atoms with Crippen LogP contribution in [0.25, 0.3) is 11.0 Å². The molecule has 2 rings (SSSR count). The van der Waals surface area contributed by atoms with Gasteiger partial charge in [0.1, 0.15) is 5.58 Å². The average Bonchev–Trinajstić information content (AvgIpc) is 2.04. The Bertz CT molecular complexity index is 473. The zero-order valence-electron chi connectivity index (χ0n) is 6.28. The van der Waals surface area contributed by atoms with Crippen molar-refractivity contribution in [2.24, 2.45) is 0 Å². The van der Waals surface area contributed by atoms with Crippen LogP contribution >= 0.6 is 0 Å². The Morgan fingerprint density at radius 2 is 2.00 bits per heavy atom. The molecule has 1 heterocycles. The smallest absolute Gasteiger partial charge is 0.191 e. The minimum Gasteiger partial charge on any atom is -0.473 e. The van der Waals surface area contributed by atoms with Crippen LogP contribution in [-0.2, 0) is 0 Å². The van der Waals surface area contributed by atoms with Gasteiger partial charge in [0.15, 0.2) is 13.3 Å². The molecule has 12 heavy (non-hydrogen) atoms. The fraction of sp³-hybridized carbons (Fsp3) is 0. The highest BCUT2D eigenvalue weighted by Crippen LogP contribution is 2.05. The van der Waals surface area contributed by atoms with Crippen molar-refractivity contribution in [1.82, 2.24) is 0 Å². The monoisotopic (exact) mass is 156 g/mol. The van der Waals surface area contributed by atoms with E-state index in [1.165, 1.54) is 6.07 Å². The molecule has 1 aromatic carbocycles. The molecule has 0 aliphatic rings. The molecule has 0 spiro atoms. The Morgan fingerprint density at radius 1 is 1.25 bits per heavy atom. The van der Waals surface area contributed by atoms with Crippen LogP contribution in [0.5, 0.6) is 0 Å². The number of hydrogen-bond donors (Lipinski definition) is 0. The van der Waals surface area contributed by atoms with Gasteiger partial charge in [0.05, 0.1) is 11.0 Å². The van der Waals surface area contributed by atoms with Gasteiger partial charge in [-0.1, -0.05) is 12.1 Å². The summed E-state index contributed by atoms with van der Waals surface area (Å²) in [7, 11) is 5.36. The fourth-order valence-electron chi connectivity index (χ4n) is 1.12. The van der Waals surface area contributed by atoms with E-state index in [-0.39, 0.29) is 11.1 Å². The van der Waals surface area contributed by atoms with Crippen LogP contribution in [-0.4, -0.2) is 7.85 Å². The van der Waals surface area contributed by atoms with Crippen LogP contribution in [0.2, 0.25) is 0 Å². The lowest BCUT2D eigenvalue weighted by molar-refractivity contribution is 0.641. The molecule has 2 nitrogen and oxygen atoms in total. The summed E-state index contributed by atoms with van der Waals surface area (Å²) in [6.07, 6.45) is 0. The minimum absolute atomic E-state index is 0.102. The summed E-state index contributed by atoms with van der Waals surface area (Å²) in [5, 5.41) is 0.562. The van der Waals surface area contributed by atoms with Crippen LogP contribution in [0.15, 0.2) is 39.5 Å². The van der Waals surface area contributed by atoms with Crippen molar-refractivity contribution < 1.29 is 4.42 Å². The lowest BCUT2D eigenvalue weighted by Crippen LogP contribution is -2.11. The molecule has 0 aliphatic carbocycles. The summed E-state index contributed by atoms with van der Waals surface area (Å²) in [6.45, 7) is 0. The van der Waals surface area contributed by atoms with Gasteiger partial charge in [-0.05, 0) is 12.1 Å². The molecule has 0 amide bonds. The van der Waals surface area contributed by atoms with Crippen molar-refractivity contribution >= 4 is 24.5 Å². The zero-order chi connectivity index (χ0) is 8.55. The maximum absolute atomic E-state index is 11.3. The normalized spacial score (nSPS) is 10.3. The van der Waals surface area contributed by atoms with Gasteiger partial charge in [0.25, 0.3) is 0 Å². The van der Waals surface area contributed by atoms with Crippen LogP contribution in [0, 0.1) is 0 Å². The third-order valence-electron chi connectivity index (χ3n) is 1.65. The highest BCUT2D eigenvalue weighted by atomic mass is 16.3. The predicted octanol–water partition coefficient (Wildman–Crippen LogP) is 0.587. The Hall–Kier alpha value is -1.51. The second kappa shape index (κ2) is 2.52. The third-order valence-corrected chi connectivity index (χ3v) is 1.65. The van der Waals surface area contributed by atoms with E-state index in [1.807, 2.05) is 0 Å². The van der Waals surface area contributed by atoms with Crippen molar-refractivity contribution in [3.8, 4) is 0 Å². The molecule has 3 heteroatoms. The van der Waals surface area contributed by atoms with Gasteiger partial charge in [0, 0.05) is 6.07 Å². The fourth-order valence-corrected chi connectivity index (χ4v) is 1.12. The molecule has 0 fully saturated rings. The second-order valence-corrected chi connectivity index (χ2v) is 2.51. The van der Waals surface area contributed by atoms with E-state index in [0.717, 1.165) is 0 Å². The minimum atomic E-state index is -0.102. The number of benzene rings is 1. The molecular formula is C9H5BO2. The second-order valence-electron chi connectivity index (χ2n) is 2.51. The molecule has 0 N–H and O–H groups in total. The number of para-hydroxylation sites is 1. The van der Waals surface area contributed by atoms with E-state index in [1.54, 1.807) is 24.3 Å². The average molecular weight is 156 g/mol. The number of rotatable bonds is 0. The van der Waals surface area contributed by atoms with E-state index in [9.17, 15) is 4.79 Å². The summed E-state index contributed by atoms with van der Waals surface area (Å²) in [6, 6.07) is 8.29. The van der Waals surface area contributed by atoms with Gasteiger partial charge < -0.3 is 4.42 Å². The van der Waals surface area contributed by atoms with Crippen LogP contribution in [0.3, 0.4) is 0 Å². The topological polar surface area (TPSA) is 30.2 Å². The highest BCUT2D eigenvalue weighted by molar-refractivity contribution is 6.30. The number of fused-ring (bicyclic) bond motifs is 1. The predicted molar refractivity (Wildman–Crippen MR) is 47.9 cm³/mol. The van der Waals surface area contributed by atoms with Crippen LogP contribution in [0.4, 0.5) is 0 Å². The molecule has 0 unspecified atom stereocenters. The lowest BCUT2D eigenvalue weighted by atomic mass is 10.1. The lowest BCUT2D eigenvalue weighted by Gasteiger charge is -1.96. The first-order valence-electron chi connectivity index (χ1n) is 3.56. The summed E-state index contributed by atoms with van der Waals surface area (Å²) in [4.78, 5) is 11.3. The van der Waals surface area contributed by atoms with E-state index < -0.39 is 0 Å². The number of hydrogen-bond acceptors (Lipinski definition) is 2. The molecular weight excluding hydrogens is 151 g/mol. The molecule has 0 bridgehead atoms. The van der Waals surface area contributed by atoms with Crippen LogP contribution < -0.4 is 11.1 Å². The van der Waals surface area contributed by atoms with Crippen molar-refractivity contribution in [2.45, 2.75) is 0 Å². The Kier molecular flexibility index (Phi) is 1.50. The van der Waals surface area contributed by atoms with Crippen molar-refractivity contribution in [3.05, 3.63) is 40.6 Å². The Balaban J connectivity index is 2.99. The van der Waals surface area contributed by atoms with Gasteiger partial charge >= 0.3 is 0 Å². The summed E-state index contributed by atoms with van der Waals surface area (Å²) < 4.78 is 5.12. The first-order valence-corrected chi connectivity index (χ1v) is 3.56. The highest BCUT2D eigenvalue weighted by Gasteiger charge is 1.98. The molecule has 0 aliphatic heterocycles. The van der Waals surface area contributed by atoms with Gasteiger partial charge in [-0.3, -0.25) is 4.79 Å². The molecule has 2 radical (unpaired) electrons. The van der Waals surface area contributed by atoms with Gasteiger partial charge in [-0.15, -0.1) is 0 Å². The van der Waals surface area contributed by atoms with Gasteiger partial charge in [-0.25, -0.2) is 0 Å². The first kappa shape index (κ1) is 7.16. The molecule has 0 saturated heterocycles. The standard InChI is InChI=1S/C9H5BO2/c10-9-5-7(11)6-3-1-2-4-8(6)12-9/h1-5H. The molecule has 0 atom stereocenters. The first-order chi connectivity index (χ1) is 5.77. The van der Waals surface area contributed by atoms with E-state index in [0.29, 0.717) is 11.0 Å². The maximum atomic E-state index is 11.3. The summed E-state index contributed by atoms with van der Waals surface area (Å²) >= 11 is 0. The van der Waals surface area contributed by atoms with Crippen LogP contribution in [0.1, 0.15) is 0 Å². The third kappa shape index (κ3) is 1.03. The van der Waals surface area contributed by atoms with Crippen molar-refractivity contribution in [3.63, 3.8) is 0 Å². The Morgan fingerprint density at radius 3 is 2.83 bits per heavy atom. The maximum Gasteiger partial charge on any atom is 0.191 e. The summed E-state index contributed by atoms with van der Waals surface area (Å²) in [5.74, 6) is 0. The molecule has 56 valence electrons. The van der Waals surface area contributed by atoms with E-state index in [4.69, 9.17) is 12.3 Å². The summed E-state index contributed by atoms with van der Waals surface area (Å²) in [5.41, 5.74) is 0.579. The van der Waals surface area contributed by atoms with E-state index in [2.05, 4.69) is 0 Å². The van der Waals surface area contributed by atoms with Crippen molar-refractivity contribution in [2.75, 3.05) is 0 Å². The van der Waals surface area contributed by atoms with Gasteiger partial charge in [-0.2, -0.15) is 0 Å². The van der Waals surface area contributed by atoms with E-state index >= 15 is 0 Å². The Labute approximate surface area is 70.2 Å². The molecule has 0 saturated carbocycles. The molecule has 1 aromatic heterocycles.